The summed E-state index contributed by atoms with van der Waals surface area (Å²) in [6.45, 7) is 3.79. The number of hydrogen-bond donors (Lipinski definition) is 0. The first-order valence-corrected chi connectivity index (χ1v) is 8.68. The third-order valence-corrected chi connectivity index (χ3v) is 5.00. The van der Waals surface area contributed by atoms with E-state index in [-0.39, 0.29) is 23.1 Å². The minimum Gasteiger partial charge on any atom is -0.339 e. The van der Waals surface area contributed by atoms with Crippen molar-refractivity contribution in [1.82, 2.24) is 14.3 Å². The summed E-state index contributed by atoms with van der Waals surface area (Å²) in [5, 5.41) is 2.48. The van der Waals surface area contributed by atoms with E-state index in [1.165, 1.54) is 26.8 Å². The lowest BCUT2D eigenvalue weighted by atomic mass is 10.2. The summed E-state index contributed by atoms with van der Waals surface area (Å²) >= 11 is 7.28. The van der Waals surface area contributed by atoms with Gasteiger partial charge in [0.05, 0.1) is 5.69 Å². The standard InChI is InChI=1S/C17H16ClN3O2S/c1-10(2)20(3)15(22)13-8-19-17-21(16(13)23)14(9-24-17)11-4-6-12(18)7-5-11/h4-10H,1-3H3. The minimum atomic E-state index is -0.358. The van der Waals surface area contributed by atoms with Crippen molar-refractivity contribution in [1.29, 1.82) is 0 Å². The third-order valence-electron chi connectivity index (χ3n) is 3.91. The number of thiazole rings is 1. The molecule has 0 saturated carbocycles. The van der Waals surface area contributed by atoms with E-state index in [9.17, 15) is 9.59 Å². The maximum absolute atomic E-state index is 12.9. The van der Waals surface area contributed by atoms with Gasteiger partial charge in [-0.25, -0.2) is 4.98 Å². The van der Waals surface area contributed by atoms with Crippen LogP contribution in [0, 0.1) is 0 Å². The molecule has 0 aliphatic carbocycles. The van der Waals surface area contributed by atoms with Gasteiger partial charge in [-0.1, -0.05) is 23.7 Å². The molecule has 1 aromatic carbocycles. The molecule has 3 aromatic rings. The molecule has 24 heavy (non-hydrogen) atoms. The molecule has 2 aromatic heterocycles. The highest BCUT2D eigenvalue weighted by Gasteiger charge is 2.21. The van der Waals surface area contributed by atoms with Crippen molar-refractivity contribution >= 4 is 33.8 Å². The average molecular weight is 362 g/mol. The first-order valence-electron chi connectivity index (χ1n) is 7.42. The molecule has 0 fully saturated rings. The van der Waals surface area contributed by atoms with Gasteiger partial charge >= 0.3 is 0 Å². The molecule has 7 heteroatoms. The van der Waals surface area contributed by atoms with E-state index >= 15 is 0 Å². The van der Waals surface area contributed by atoms with Gasteiger partial charge in [0, 0.05) is 29.7 Å². The summed E-state index contributed by atoms with van der Waals surface area (Å²) in [7, 11) is 1.68. The molecule has 0 spiro atoms. The molecule has 2 heterocycles. The van der Waals surface area contributed by atoms with Crippen LogP contribution in [0.3, 0.4) is 0 Å². The highest BCUT2D eigenvalue weighted by Crippen LogP contribution is 2.25. The lowest BCUT2D eigenvalue weighted by Gasteiger charge is -2.20. The molecule has 124 valence electrons. The number of halogens is 1. The minimum absolute atomic E-state index is 0.00388. The second-order valence-electron chi connectivity index (χ2n) is 5.73. The Morgan fingerprint density at radius 3 is 2.58 bits per heavy atom. The third kappa shape index (κ3) is 2.83. The Morgan fingerprint density at radius 1 is 1.29 bits per heavy atom. The Labute approximate surface area is 148 Å². The normalized spacial score (nSPS) is 11.2. The number of carbonyl (C=O) groups excluding carboxylic acids is 1. The number of amides is 1. The summed E-state index contributed by atoms with van der Waals surface area (Å²) in [6.07, 6.45) is 1.36. The number of fused-ring (bicyclic) bond motifs is 1. The van der Waals surface area contributed by atoms with Crippen LogP contribution in [0.15, 0.2) is 40.6 Å². The SMILES string of the molecule is CC(C)N(C)C(=O)c1cnc2scc(-c3ccc(Cl)cc3)n2c1=O. The molecule has 0 N–H and O–H groups in total. The zero-order valence-electron chi connectivity index (χ0n) is 13.5. The summed E-state index contributed by atoms with van der Waals surface area (Å²) in [6, 6.07) is 7.20. The van der Waals surface area contributed by atoms with E-state index in [1.54, 1.807) is 19.2 Å². The van der Waals surface area contributed by atoms with Crippen molar-refractivity contribution in [2.45, 2.75) is 19.9 Å². The summed E-state index contributed by atoms with van der Waals surface area (Å²) in [5.41, 5.74) is 1.25. The molecule has 0 atom stereocenters. The molecule has 0 radical (unpaired) electrons. The van der Waals surface area contributed by atoms with Crippen LogP contribution in [0.4, 0.5) is 0 Å². The van der Waals surface area contributed by atoms with Crippen LogP contribution in [0.1, 0.15) is 24.2 Å². The molecule has 5 nitrogen and oxygen atoms in total. The fourth-order valence-corrected chi connectivity index (χ4v) is 3.27. The van der Waals surface area contributed by atoms with Crippen molar-refractivity contribution in [3.05, 3.63) is 56.8 Å². The lowest BCUT2D eigenvalue weighted by molar-refractivity contribution is 0.0752. The van der Waals surface area contributed by atoms with Gasteiger partial charge in [0.15, 0.2) is 4.96 Å². The molecule has 0 aliphatic rings. The fourth-order valence-electron chi connectivity index (χ4n) is 2.29. The van der Waals surface area contributed by atoms with Crippen molar-refractivity contribution in [2.24, 2.45) is 0 Å². The monoisotopic (exact) mass is 361 g/mol. The largest absolute Gasteiger partial charge is 0.339 e. The Morgan fingerprint density at radius 2 is 1.96 bits per heavy atom. The smallest absolute Gasteiger partial charge is 0.271 e. The zero-order chi connectivity index (χ0) is 17.4. The van der Waals surface area contributed by atoms with E-state index in [1.807, 2.05) is 31.4 Å². The van der Waals surface area contributed by atoms with E-state index in [0.717, 1.165) is 5.56 Å². The lowest BCUT2D eigenvalue weighted by Crippen LogP contribution is -2.37. The van der Waals surface area contributed by atoms with Crippen LogP contribution in [-0.2, 0) is 0 Å². The number of carbonyl (C=O) groups is 1. The summed E-state index contributed by atoms with van der Waals surface area (Å²) < 4.78 is 1.48. The number of hydrogen-bond acceptors (Lipinski definition) is 4. The molecule has 0 saturated heterocycles. The van der Waals surface area contributed by atoms with Crippen LogP contribution < -0.4 is 5.56 Å². The number of nitrogens with zero attached hydrogens (tertiary/aromatic N) is 3. The first-order chi connectivity index (χ1) is 11.4. The molecule has 1 amide bonds. The van der Waals surface area contributed by atoms with Crippen molar-refractivity contribution < 1.29 is 4.79 Å². The predicted molar refractivity (Wildman–Crippen MR) is 97.0 cm³/mol. The highest BCUT2D eigenvalue weighted by molar-refractivity contribution is 7.15. The highest BCUT2D eigenvalue weighted by atomic mass is 35.5. The second kappa shape index (κ2) is 6.37. The number of rotatable bonds is 3. The average Bonchev–Trinajstić information content (AvgIpc) is 2.99. The van der Waals surface area contributed by atoms with Crippen LogP contribution >= 0.6 is 22.9 Å². The predicted octanol–water partition coefficient (Wildman–Crippen LogP) is 3.56. The van der Waals surface area contributed by atoms with Gasteiger partial charge in [0.1, 0.15) is 5.56 Å². The van der Waals surface area contributed by atoms with Gasteiger partial charge in [0.25, 0.3) is 11.5 Å². The fraction of sp³-hybridized carbons (Fsp3) is 0.235. The Bertz CT molecular complexity index is 960. The van der Waals surface area contributed by atoms with Crippen molar-refractivity contribution in [2.75, 3.05) is 7.05 Å². The van der Waals surface area contributed by atoms with Crippen LogP contribution in [0.25, 0.3) is 16.2 Å². The number of aromatic nitrogens is 2. The van der Waals surface area contributed by atoms with E-state index in [2.05, 4.69) is 4.98 Å². The van der Waals surface area contributed by atoms with E-state index in [4.69, 9.17) is 11.6 Å². The summed E-state index contributed by atoms with van der Waals surface area (Å²) in [4.78, 5) is 31.8. The molecule has 3 rings (SSSR count). The van der Waals surface area contributed by atoms with Gasteiger partial charge in [-0.05, 0) is 31.5 Å². The Kier molecular flexibility index (Phi) is 4.43. The topological polar surface area (TPSA) is 54.7 Å². The van der Waals surface area contributed by atoms with Gasteiger partial charge in [0.2, 0.25) is 0 Å². The van der Waals surface area contributed by atoms with E-state index < -0.39 is 0 Å². The zero-order valence-corrected chi connectivity index (χ0v) is 15.1. The van der Waals surface area contributed by atoms with Crippen molar-refractivity contribution in [3.8, 4) is 11.3 Å². The molecular formula is C17H16ClN3O2S. The van der Waals surface area contributed by atoms with Crippen LogP contribution in [0.2, 0.25) is 5.02 Å². The van der Waals surface area contributed by atoms with Crippen LogP contribution in [-0.4, -0.2) is 33.3 Å². The quantitative estimate of drug-likeness (QED) is 0.716. The van der Waals surface area contributed by atoms with Crippen LogP contribution in [0.5, 0.6) is 0 Å². The molecular weight excluding hydrogens is 346 g/mol. The molecule has 0 unspecified atom stereocenters. The van der Waals surface area contributed by atoms with Gasteiger partial charge in [-0.15, -0.1) is 11.3 Å². The maximum Gasteiger partial charge on any atom is 0.271 e. The molecule has 0 aliphatic heterocycles. The van der Waals surface area contributed by atoms with Crippen molar-refractivity contribution in [3.63, 3.8) is 0 Å². The Balaban J connectivity index is 2.18. The summed E-state index contributed by atoms with van der Waals surface area (Å²) in [5.74, 6) is -0.329. The Hall–Kier alpha value is -2.18. The number of benzene rings is 1. The molecule has 0 bridgehead atoms. The second-order valence-corrected chi connectivity index (χ2v) is 7.01. The first kappa shape index (κ1) is 16.7. The van der Waals surface area contributed by atoms with Gasteiger partial charge < -0.3 is 4.90 Å². The maximum atomic E-state index is 12.9. The van der Waals surface area contributed by atoms with Gasteiger partial charge in [-0.2, -0.15) is 0 Å². The van der Waals surface area contributed by atoms with Gasteiger partial charge in [-0.3, -0.25) is 14.0 Å². The van der Waals surface area contributed by atoms with E-state index in [0.29, 0.717) is 15.7 Å².